The summed E-state index contributed by atoms with van der Waals surface area (Å²) in [7, 11) is 1.77. The number of likely N-dealkylation sites (N-methyl/N-ethyl adjacent to an activating group) is 1. The van der Waals surface area contributed by atoms with Gasteiger partial charge in [-0.3, -0.25) is 9.80 Å². The predicted molar refractivity (Wildman–Crippen MR) is 164 cm³/mol. The molecule has 7 nitrogen and oxygen atoms in total. The number of epoxide rings is 1. The van der Waals surface area contributed by atoms with Crippen LogP contribution in [-0.2, 0) is 27.2 Å². The number of rotatable bonds is 7. The topological polar surface area (TPSA) is 64.1 Å². The van der Waals surface area contributed by atoms with Gasteiger partial charge in [-0.25, -0.2) is 9.38 Å². The van der Waals surface area contributed by atoms with E-state index in [1.54, 1.807) is 40.1 Å². The van der Waals surface area contributed by atoms with E-state index in [9.17, 15) is 35.8 Å². The number of benzene rings is 2. The Morgan fingerprint density at radius 3 is 2.27 bits per heavy atom. The van der Waals surface area contributed by atoms with Crippen molar-refractivity contribution in [3.63, 3.8) is 0 Å². The van der Waals surface area contributed by atoms with E-state index in [4.69, 9.17) is 14.5 Å². The van der Waals surface area contributed by atoms with E-state index in [0.29, 0.717) is 37.7 Å². The van der Waals surface area contributed by atoms with Crippen LogP contribution in [0, 0.1) is 12.7 Å². The number of alkyl halides is 6. The maximum Gasteiger partial charge on any atom is 0.416 e. The average Bonchev–Trinajstić information content (AvgIpc) is 3.85. The minimum atomic E-state index is -4.97. The van der Waals surface area contributed by atoms with E-state index >= 15 is 0 Å². The molecule has 3 saturated heterocycles. The van der Waals surface area contributed by atoms with Gasteiger partial charge in [0.05, 0.1) is 49.1 Å². The molecule has 262 valence electrons. The van der Waals surface area contributed by atoms with Crippen molar-refractivity contribution in [3.05, 3.63) is 81.9 Å². The number of fused-ring (bicyclic) bond motifs is 1. The fourth-order valence-corrected chi connectivity index (χ4v) is 7.24. The fraction of sp³-hybridized carbons (Fsp3) is 0.559. The zero-order chi connectivity index (χ0) is 34.8. The van der Waals surface area contributed by atoms with Crippen LogP contribution >= 0.6 is 0 Å². The van der Waals surface area contributed by atoms with Crippen molar-refractivity contribution < 1.29 is 45.3 Å². The standard InChI is InChI=1S/C34H39F7N4O3/c1-19-9-23(35)5-6-26(19)27-13-29(45-16-25-18-47-8-7-44(25)15-24(45)17-46)42-14-28(27)43(4)31-30(48-31)32(2,3)20-10-21(33(36,37)38)12-22(11-20)34(39,40)41/h5-6,9-14,24-25,27-28,30-31,46H,7-8,15-18H2,1-4H3/t24-,25-,27?,28?,30?,31?/m0/s1. The number of aliphatic imine (C=N–C) groups is 1. The first-order valence-corrected chi connectivity index (χ1v) is 15.9. The van der Waals surface area contributed by atoms with Crippen LogP contribution in [0.3, 0.4) is 0 Å². The summed E-state index contributed by atoms with van der Waals surface area (Å²) in [4.78, 5) is 11.1. The molecule has 4 heterocycles. The molecule has 0 bridgehead atoms. The van der Waals surface area contributed by atoms with Crippen LogP contribution < -0.4 is 0 Å². The van der Waals surface area contributed by atoms with Gasteiger partial charge in [-0.1, -0.05) is 19.9 Å². The molecule has 0 radical (unpaired) electrons. The van der Waals surface area contributed by atoms with Gasteiger partial charge in [0.1, 0.15) is 24.0 Å². The number of aryl methyl sites for hydroxylation is 1. The van der Waals surface area contributed by atoms with Crippen molar-refractivity contribution in [2.75, 3.05) is 46.5 Å². The smallest absolute Gasteiger partial charge is 0.394 e. The van der Waals surface area contributed by atoms with Crippen molar-refractivity contribution in [2.45, 2.75) is 74.9 Å². The first-order chi connectivity index (χ1) is 22.5. The largest absolute Gasteiger partial charge is 0.416 e. The third-order valence-corrected chi connectivity index (χ3v) is 10.2. The Hall–Kier alpha value is -3.04. The molecule has 4 aliphatic rings. The number of morpholine rings is 1. The molecule has 0 aromatic heterocycles. The summed E-state index contributed by atoms with van der Waals surface area (Å²) in [6, 6.07) is 5.61. The maximum absolute atomic E-state index is 14.2. The molecule has 48 heavy (non-hydrogen) atoms. The minimum absolute atomic E-state index is 0.0845. The fourth-order valence-electron chi connectivity index (χ4n) is 7.24. The zero-order valence-corrected chi connectivity index (χ0v) is 27.0. The summed E-state index contributed by atoms with van der Waals surface area (Å²) in [6.45, 7) is 8.05. The number of aliphatic hydroxyl groups excluding tert-OH is 1. The van der Waals surface area contributed by atoms with E-state index in [-0.39, 0.29) is 36.2 Å². The van der Waals surface area contributed by atoms with Gasteiger partial charge >= 0.3 is 12.4 Å². The van der Waals surface area contributed by atoms with Crippen LogP contribution in [0.4, 0.5) is 30.7 Å². The highest BCUT2D eigenvalue weighted by Gasteiger charge is 2.55. The van der Waals surface area contributed by atoms with Crippen molar-refractivity contribution in [1.82, 2.24) is 14.7 Å². The van der Waals surface area contributed by atoms with Crippen LogP contribution in [0.25, 0.3) is 0 Å². The number of ether oxygens (including phenoxy) is 2. The lowest BCUT2D eigenvalue weighted by Gasteiger charge is -2.49. The lowest BCUT2D eigenvalue weighted by molar-refractivity contribution is -0.143. The maximum atomic E-state index is 14.2. The number of halogens is 7. The molecule has 0 aliphatic carbocycles. The van der Waals surface area contributed by atoms with Crippen LogP contribution in [0.15, 0.2) is 53.3 Å². The second-order valence-corrected chi connectivity index (χ2v) is 13.7. The number of hydrogen-bond donors (Lipinski definition) is 1. The monoisotopic (exact) mass is 684 g/mol. The Kier molecular flexibility index (Phi) is 9.20. The summed E-state index contributed by atoms with van der Waals surface area (Å²) >= 11 is 0. The molecule has 6 rings (SSSR count). The Morgan fingerprint density at radius 2 is 1.65 bits per heavy atom. The van der Waals surface area contributed by atoms with Crippen molar-refractivity contribution >= 4 is 6.21 Å². The molecule has 0 saturated carbocycles. The summed E-state index contributed by atoms with van der Waals surface area (Å²) < 4.78 is 108. The van der Waals surface area contributed by atoms with Crippen LogP contribution in [-0.4, -0.2) is 103 Å². The third-order valence-electron chi connectivity index (χ3n) is 10.2. The van der Waals surface area contributed by atoms with Crippen molar-refractivity contribution in [2.24, 2.45) is 4.99 Å². The van der Waals surface area contributed by atoms with Gasteiger partial charge < -0.3 is 19.5 Å². The summed E-state index contributed by atoms with van der Waals surface area (Å²) in [5, 5.41) is 10.3. The lowest BCUT2D eigenvalue weighted by atomic mass is 9.79. The molecular weight excluding hydrogens is 645 g/mol. The molecule has 0 amide bonds. The molecule has 6 atom stereocenters. The molecule has 4 unspecified atom stereocenters. The molecular formula is C34H39F7N4O3. The first kappa shape index (κ1) is 34.8. The molecule has 2 aromatic carbocycles. The Morgan fingerprint density at radius 1 is 0.979 bits per heavy atom. The zero-order valence-electron chi connectivity index (χ0n) is 27.0. The number of piperazine rings is 1. The van der Waals surface area contributed by atoms with Crippen molar-refractivity contribution in [1.29, 1.82) is 0 Å². The van der Waals surface area contributed by atoms with E-state index in [2.05, 4.69) is 9.80 Å². The van der Waals surface area contributed by atoms with Gasteiger partial charge in [-0.15, -0.1) is 0 Å². The first-order valence-electron chi connectivity index (χ1n) is 15.9. The van der Waals surface area contributed by atoms with E-state index in [1.165, 1.54) is 12.1 Å². The van der Waals surface area contributed by atoms with Crippen molar-refractivity contribution in [3.8, 4) is 0 Å². The highest BCUT2D eigenvalue weighted by molar-refractivity contribution is 5.71. The van der Waals surface area contributed by atoms with Gasteiger partial charge in [0.15, 0.2) is 0 Å². The number of hydrogen-bond acceptors (Lipinski definition) is 7. The molecule has 3 fully saturated rings. The average molecular weight is 685 g/mol. The molecule has 0 spiro atoms. The van der Waals surface area contributed by atoms with Gasteiger partial charge in [0.2, 0.25) is 0 Å². The molecule has 2 aromatic rings. The summed E-state index contributed by atoms with van der Waals surface area (Å²) in [6.07, 6.45) is -7.61. The predicted octanol–water partition coefficient (Wildman–Crippen LogP) is 5.56. The lowest BCUT2D eigenvalue weighted by Crippen LogP contribution is -2.62. The Labute approximate surface area is 274 Å². The Bertz CT molecular complexity index is 1540. The van der Waals surface area contributed by atoms with Gasteiger partial charge in [0, 0.05) is 37.2 Å². The second kappa shape index (κ2) is 12.7. The van der Waals surface area contributed by atoms with Crippen LogP contribution in [0.1, 0.15) is 47.6 Å². The highest BCUT2D eigenvalue weighted by atomic mass is 19.4. The normalized spacial score (nSPS) is 28.4. The highest BCUT2D eigenvalue weighted by Crippen LogP contribution is 2.47. The van der Waals surface area contributed by atoms with E-state index < -0.39 is 53.1 Å². The summed E-state index contributed by atoms with van der Waals surface area (Å²) in [5.74, 6) is -0.119. The van der Waals surface area contributed by atoms with E-state index in [0.717, 1.165) is 24.2 Å². The third kappa shape index (κ3) is 6.74. The van der Waals surface area contributed by atoms with Gasteiger partial charge in [0.25, 0.3) is 0 Å². The van der Waals surface area contributed by atoms with Gasteiger partial charge in [-0.05, 0) is 67.1 Å². The number of nitrogens with zero attached hydrogens (tertiary/aromatic N) is 4. The Balaban J connectivity index is 1.30. The van der Waals surface area contributed by atoms with Gasteiger partial charge in [-0.2, -0.15) is 26.3 Å². The van der Waals surface area contributed by atoms with Crippen LogP contribution in [0.2, 0.25) is 0 Å². The quantitative estimate of drug-likeness (QED) is 0.305. The molecule has 1 N–H and O–H groups in total. The molecule has 4 aliphatic heterocycles. The van der Waals surface area contributed by atoms with Crippen LogP contribution in [0.5, 0.6) is 0 Å². The summed E-state index contributed by atoms with van der Waals surface area (Å²) in [5.41, 5.74) is -2.61. The second-order valence-electron chi connectivity index (χ2n) is 13.7. The molecule has 14 heteroatoms. The SMILES string of the molecule is Cc1cc(F)ccc1C1C=C(N2C[C@H]3COCCN3C[C@H]2CO)N=CC1N(C)C1OC1C(C)(C)c1cc(C(F)(F)F)cc(C(F)(F)F)c1. The minimum Gasteiger partial charge on any atom is -0.394 e. The number of aliphatic hydroxyl groups is 1. The van der Waals surface area contributed by atoms with E-state index in [1.807, 2.05) is 11.0 Å².